The summed E-state index contributed by atoms with van der Waals surface area (Å²) in [6, 6.07) is 12.5. The molecule has 162 valence electrons. The van der Waals surface area contributed by atoms with E-state index in [2.05, 4.69) is 17.4 Å². The highest BCUT2D eigenvalue weighted by molar-refractivity contribution is 7.89. The number of aryl methyl sites for hydroxylation is 2. The van der Waals surface area contributed by atoms with Crippen molar-refractivity contribution in [2.75, 3.05) is 13.1 Å². The van der Waals surface area contributed by atoms with Gasteiger partial charge in [0.1, 0.15) is 0 Å². The zero-order chi connectivity index (χ0) is 21.7. The standard InChI is InChI=1S/C24H32N2O3S/c1-4-23(22-13-12-18(2)16-19(22)3)25-24(27)20-10-9-11-21(17-20)30(28,29)26-14-7-5-6-8-15-26/h9-13,16-17,23H,4-8,14-15H2,1-3H3,(H,25,27)/t23-/m1/s1. The molecule has 30 heavy (non-hydrogen) atoms. The van der Waals surface area contributed by atoms with E-state index < -0.39 is 10.0 Å². The van der Waals surface area contributed by atoms with Gasteiger partial charge in [-0.15, -0.1) is 0 Å². The molecule has 0 saturated carbocycles. The SMILES string of the molecule is CC[C@@H](NC(=O)c1cccc(S(=O)(=O)N2CCCCCC2)c1)c1ccc(C)cc1C. The molecule has 1 aliphatic rings. The molecule has 1 fully saturated rings. The normalized spacial score (nSPS) is 16.6. The number of rotatable bonds is 6. The van der Waals surface area contributed by atoms with Crippen LogP contribution in [0, 0.1) is 13.8 Å². The number of carbonyl (C=O) groups excluding carboxylic acids is 1. The second kappa shape index (κ2) is 9.75. The molecule has 0 spiro atoms. The largest absolute Gasteiger partial charge is 0.345 e. The molecule has 1 heterocycles. The van der Waals surface area contributed by atoms with E-state index >= 15 is 0 Å². The second-order valence-corrected chi connectivity index (χ2v) is 10.1. The average Bonchev–Trinajstić information content (AvgIpc) is 3.02. The summed E-state index contributed by atoms with van der Waals surface area (Å²) in [6.45, 7) is 7.22. The van der Waals surface area contributed by atoms with Crippen LogP contribution < -0.4 is 5.32 Å². The molecule has 3 rings (SSSR count). The maximum atomic E-state index is 13.1. The van der Waals surface area contributed by atoms with Crippen LogP contribution in [-0.4, -0.2) is 31.7 Å². The van der Waals surface area contributed by atoms with Crippen LogP contribution in [-0.2, 0) is 10.0 Å². The third kappa shape index (κ3) is 5.10. The quantitative estimate of drug-likeness (QED) is 0.722. The van der Waals surface area contributed by atoms with Gasteiger partial charge >= 0.3 is 0 Å². The van der Waals surface area contributed by atoms with Crippen molar-refractivity contribution in [3.8, 4) is 0 Å². The monoisotopic (exact) mass is 428 g/mol. The topological polar surface area (TPSA) is 66.5 Å². The van der Waals surface area contributed by atoms with Crippen molar-refractivity contribution in [1.82, 2.24) is 9.62 Å². The fourth-order valence-electron chi connectivity index (χ4n) is 4.09. The predicted octanol–water partition coefficient (Wildman–Crippen LogP) is 4.75. The van der Waals surface area contributed by atoms with Gasteiger partial charge in [-0.3, -0.25) is 4.79 Å². The third-order valence-corrected chi connectivity index (χ3v) is 7.71. The predicted molar refractivity (Wildman–Crippen MR) is 120 cm³/mol. The number of carbonyl (C=O) groups is 1. The minimum atomic E-state index is -3.59. The van der Waals surface area contributed by atoms with Crippen molar-refractivity contribution in [3.05, 3.63) is 64.7 Å². The van der Waals surface area contributed by atoms with Crippen LogP contribution in [0.5, 0.6) is 0 Å². The van der Waals surface area contributed by atoms with E-state index in [0.717, 1.165) is 43.2 Å². The van der Waals surface area contributed by atoms with Crippen LogP contribution in [0.15, 0.2) is 47.4 Å². The van der Waals surface area contributed by atoms with Crippen LogP contribution in [0.25, 0.3) is 0 Å². The Bertz CT molecular complexity index is 993. The van der Waals surface area contributed by atoms with Gasteiger partial charge in [0.2, 0.25) is 10.0 Å². The Kier molecular flexibility index (Phi) is 7.32. The lowest BCUT2D eigenvalue weighted by Gasteiger charge is -2.21. The highest BCUT2D eigenvalue weighted by Gasteiger charge is 2.26. The molecule has 0 bridgehead atoms. The lowest BCUT2D eigenvalue weighted by atomic mass is 9.97. The molecule has 1 amide bonds. The average molecular weight is 429 g/mol. The molecular weight excluding hydrogens is 396 g/mol. The van der Waals surface area contributed by atoms with E-state index in [1.165, 1.54) is 11.6 Å². The van der Waals surface area contributed by atoms with Crippen LogP contribution in [0.3, 0.4) is 0 Å². The number of amides is 1. The summed E-state index contributed by atoms with van der Waals surface area (Å²) in [5, 5.41) is 3.08. The maximum Gasteiger partial charge on any atom is 0.251 e. The van der Waals surface area contributed by atoms with E-state index in [9.17, 15) is 13.2 Å². The first kappa shape index (κ1) is 22.5. The van der Waals surface area contributed by atoms with Crippen molar-refractivity contribution < 1.29 is 13.2 Å². The summed E-state index contributed by atoms with van der Waals surface area (Å²) < 4.78 is 27.7. The number of nitrogens with one attached hydrogen (secondary N) is 1. The summed E-state index contributed by atoms with van der Waals surface area (Å²) >= 11 is 0. The molecular formula is C24H32N2O3S. The fourth-order valence-corrected chi connectivity index (χ4v) is 5.65. The van der Waals surface area contributed by atoms with Crippen LogP contribution in [0.2, 0.25) is 0 Å². The first-order valence-corrected chi connectivity index (χ1v) is 12.2. The Balaban J connectivity index is 1.81. The van der Waals surface area contributed by atoms with E-state index in [4.69, 9.17) is 0 Å². The molecule has 0 unspecified atom stereocenters. The van der Waals surface area contributed by atoms with Gasteiger partial charge < -0.3 is 5.32 Å². The molecule has 1 aliphatic heterocycles. The molecule has 6 heteroatoms. The Hall–Kier alpha value is -2.18. The summed E-state index contributed by atoms with van der Waals surface area (Å²) in [6.07, 6.45) is 4.64. The molecule has 2 aromatic carbocycles. The van der Waals surface area contributed by atoms with Crippen LogP contribution in [0.4, 0.5) is 0 Å². The highest BCUT2D eigenvalue weighted by Crippen LogP contribution is 2.24. The molecule has 5 nitrogen and oxygen atoms in total. The Morgan fingerprint density at radius 3 is 2.37 bits per heavy atom. The van der Waals surface area contributed by atoms with Gasteiger partial charge in [0, 0.05) is 18.7 Å². The molecule has 1 atom stereocenters. The van der Waals surface area contributed by atoms with Gasteiger partial charge in [-0.2, -0.15) is 4.31 Å². The lowest BCUT2D eigenvalue weighted by molar-refractivity contribution is 0.0935. The van der Waals surface area contributed by atoms with Crippen molar-refractivity contribution in [2.24, 2.45) is 0 Å². The van der Waals surface area contributed by atoms with Crippen molar-refractivity contribution in [3.63, 3.8) is 0 Å². The number of hydrogen-bond donors (Lipinski definition) is 1. The van der Waals surface area contributed by atoms with Gasteiger partial charge in [0.15, 0.2) is 0 Å². The number of hydrogen-bond acceptors (Lipinski definition) is 3. The zero-order valence-corrected chi connectivity index (χ0v) is 19.0. The molecule has 1 saturated heterocycles. The van der Waals surface area contributed by atoms with Crippen LogP contribution >= 0.6 is 0 Å². The van der Waals surface area contributed by atoms with Crippen molar-refractivity contribution in [2.45, 2.75) is 63.8 Å². The molecule has 2 aromatic rings. The Morgan fingerprint density at radius 1 is 1.03 bits per heavy atom. The van der Waals surface area contributed by atoms with Crippen LogP contribution in [0.1, 0.15) is 72.1 Å². The van der Waals surface area contributed by atoms with Gasteiger partial charge in [-0.25, -0.2) is 8.42 Å². The minimum Gasteiger partial charge on any atom is -0.345 e. The number of sulfonamides is 1. The molecule has 0 radical (unpaired) electrons. The Morgan fingerprint density at radius 2 is 1.73 bits per heavy atom. The maximum absolute atomic E-state index is 13.1. The van der Waals surface area contributed by atoms with Gasteiger partial charge in [-0.05, 0) is 62.4 Å². The fraction of sp³-hybridized carbons (Fsp3) is 0.458. The summed E-state index contributed by atoms with van der Waals surface area (Å²) in [4.78, 5) is 13.1. The van der Waals surface area contributed by atoms with Crippen molar-refractivity contribution >= 4 is 15.9 Å². The number of benzene rings is 2. The summed E-state index contributed by atoms with van der Waals surface area (Å²) in [5.41, 5.74) is 3.78. The van der Waals surface area contributed by atoms with Crippen molar-refractivity contribution in [1.29, 1.82) is 0 Å². The lowest BCUT2D eigenvalue weighted by Crippen LogP contribution is -2.32. The third-order valence-electron chi connectivity index (χ3n) is 5.81. The van der Waals surface area contributed by atoms with Gasteiger partial charge in [0.25, 0.3) is 5.91 Å². The van der Waals surface area contributed by atoms with E-state index in [1.54, 1.807) is 22.5 Å². The number of nitrogens with zero attached hydrogens (tertiary/aromatic N) is 1. The smallest absolute Gasteiger partial charge is 0.251 e. The molecule has 1 N–H and O–H groups in total. The summed E-state index contributed by atoms with van der Waals surface area (Å²) in [7, 11) is -3.59. The van der Waals surface area contributed by atoms with Gasteiger partial charge in [-0.1, -0.05) is 49.6 Å². The van der Waals surface area contributed by atoms with E-state index in [1.807, 2.05) is 26.8 Å². The minimum absolute atomic E-state index is 0.121. The second-order valence-electron chi connectivity index (χ2n) is 8.14. The first-order chi connectivity index (χ1) is 14.3. The Labute approximate surface area is 180 Å². The first-order valence-electron chi connectivity index (χ1n) is 10.8. The zero-order valence-electron chi connectivity index (χ0n) is 18.1. The van der Waals surface area contributed by atoms with E-state index in [-0.39, 0.29) is 16.8 Å². The molecule has 0 aromatic heterocycles. The highest BCUT2D eigenvalue weighted by atomic mass is 32.2. The molecule has 0 aliphatic carbocycles. The summed E-state index contributed by atoms with van der Waals surface area (Å²) in [5.74, 6) is -0.255. The van der Waals surface area contributed by atoms with Gasteiger partial charge in [0.05, 0.1) is 10.9 Å². The van der Waals surface area contributed by atoms with E-state index in [0.29, 0.717) is 18.7 Å².